The third-order valence-electron chi connectivity index (χ3n) is 6.33. The van der Waals surface area contributed by atoms with E-state index in [0.717, 1.165) is 42.5 Å². The van der Waals surface area contributed by atoms with E-state index in [1.54, 1.807) is 19.4 Å². The first-order valence-electron chi connectivity index (χ1n) is 10.3. The van der Waals surface area contributed by atoms with Gasteiger partial charge in [0.25, 0.3) is 0 Å². The fourth-order valence-corrected chi connectivity index (χ4v) is 4.91. The van der Waals surface area contributed by atoms with Crippen molar-refractivity contribution in [2.24, 2.45) is 17.8 Å². The largest absolute Gasteiger partial charge is 0.392 e. The van der Waals surface area contributed by atoms with Crippen LogP contribution in [0, 0.1) is 23.6 Å². The van der Waals surface area contributed by atoms with E-state index in [1.165, 1.54) is 12.1 Å². The number of hydrogen-bond donors (Lipinski definition) is 1. The number of halogens is 1. The highest BCUT2D eigenvalue weighted by molar-refractivity contribution is 5.63. The number of aromatic nitrogens is 1. The Morgan fingerprint density at radius 1 is 1.17 bits per heavy atom. The van der Waals surface area contributed by atoms with E-state index in [1.807, 2.05) is 24.3 Å². The molecule has 0 unspecified atom stereocenters. The molecule has 0 saturated heterocycles. The number of rotatable bonds is 6. The first-order valence-corrected chi connectivity index (χ1v) is 10.3. The molecule has 154 valence electrons. The number of benzene rings is 1. The highest BCUT2D eigenvalue weighted by Gasteiger charge is 2.44. The van der Waals surface area contributed by atoms with Crippen LogP contribution in [0.5, 0.6) is 0 Å². The molecule has 0 amide bonds. The van der Waals surface area contributed by atoms with Crippen LogP contribution in [0.4, 0.5) is 4.39 Å². The second kappa shape index (κ2) is 9.16. The summed E-state index contributed by atoms with van der Waals surface area (Å²) in [5, 5.41) is 10.6. The van der Waals surface area contributed by atoms with Gasteiger partial charge in [-0.2, -0.15) is 0 Å². The topological polar surface area (TPSA) is 51.6 Å². The van der Waals surface area contributed by atoms with Crippen molar-refractivity contribution in [3.63, 3.8) is 0 Å². The van der Waals surface area contributed by atoms with E-state index >= 15 is 0 Å². The molecule has 1 aromatic heterocycles. The molecular weight excluding hydrogens is 369 g/mol. The van der Waals surface area contributed by atoms with E-state index in [0.29, 0.717) is 18.6 Å². The second-order valence-electron chi connectivity index (χ2n) is 8.15. The van der Waals surface area contributed by atoms with Gasteiger partial charge < -0.3 is 14.6 Å². The minimum Gasteiger partial charge on any atom is -0.392 e. The summed E-state index contributed by atoms with van der Waals surface area (Å²) in [5.41, 5.74) is 2.55. The lowest BCUT2D eigenvalue weighted by molar-refractivity contribution is -0.0930. The van der Waals surface area contributed by atoms with E-state index in [4.69, 9.17) is 9.47 Å². The van der Waals surface area contributed by atoms with Gasteiger partial charge in [-0.1, -0.05) is 24.3 Å². The van der Waals surface area contributed by atoms with E-state index in [-0.39, 0.29) is 23.9 Å². The summed E-state index contributed by atoms with van der Waals surface area (Å²) in [6.45, 7) is 0.339. The molecule has 1 N–H and O–H groups in total. The molecule has 0 radical (unpaired) electrons. The number of aliphatic hydroxyl groups is 1. The van der Waals surface area contributed by atoms with Gasteiger partial charge in [0.2, 0.25) is 0 Å². The fourth-order valence-electron chi connectivity index (χ4n) is 4.91. The lowest BCUT2D eigenvalue weighted by Crippen LogP contribution is -2.29. The van der Waals surface area contributed by atoms with Gasteiger partial charge in [-0.15, -0.1) is 0 Å². The molecule has 4 nitrogen and oxygen atoms in total. The smallest absolute Gasteiger partial charge is 0.146 e. The Balaban J connectivity index is 1.40. The molecule has 0 bridgehead atoms. The van der Waals surface area contributed by atoms with E-state index in [9.17, 15) is 9.50 Å². The molecule has 2 aliphatic carbocycles. The van der Waals surface area contributed by atoms with Crippen LogP contribution in [-0.4, -0.2) is 36.2 Å². The first-order chi connectivity index (χ1) is 14.1. The minimum atomic E-state index is -0.311. The van der Waals surface area contributed by atoms with Gasteiger partial charge in [-0.25, -0.2) is 4.39 Å². The average Bonchev–Trinajstić information content (AvgIpc) is 3.05. The monoisotopic (exact) mass is 397 g/mol. The predicted octanol–water partition coefficient (Wildman–Crippen LogP) is 4.69. The number of nitrogens with zero attached hydrogens (tertiary/aromatic N) is 1. The Labute approximate surface area is 171 Å². The van der Waals surface area contributed by atoms with Crippen molar-refractivity contribution in [1.29, 1.82) is 0 Å². The van der Waals surface area contributed by atoms with Gasteiger partial charge in [-0.05, 0) is 67.4 Å². The van der Waals surface area contributed by atoms with Crippen LogP contribution in [0.2, 0.25) is 0 Å². The summed E-state index contributed by atoms with van der Waals surface area (Å²) >= 11 is 0. The highest BCUT2D eigenvalue weighted by Crippen LogP contribution is 2.47. The molecule has 2 aliphatic rings. The molecule has 2 saturated carbocycles. The maximum absolute atomic E-state index is 13.4. The molecule has 1 aromatic carbocycles. The Morgan fingerprint density at radius 2 is 2.07 bits per heavy atom. The first kappa shape index (κ1) is 20.2. The number of aliphatic hydroxyl groups excluding tert-OH is 1. The number of ether oxygens (including phenoxy) is 2. The molecule has 5 atom stereocenters. The highest BCUT2D eigenvalue weighted by atomic mass is 19.1. The van der Waals surface area contributed by atoms with Crippen molar-refractivity contribution < 1.29 is 19.0 Å². The number of fused-ring (bicyclic) bond motifs is 1. The van der Waals surface area contributed by atoms with Crippen LogP contribution in [0.1, 0.15) is 31.4 Å². The SMILES string of the molecule is COCO[C@@H]1CC[C@@H]2[C@@H](C1)C[C@H](O)[C@H]2/C=C/c1ccc(-c2cccc(F)c2)cn1. The lowest BCUT2D eigenvalue weighted by atomic mass is 9.76. The van der Waals surface area contributed by atoms with E-state index in [2.05, 4.69) is 11.1 Å². The molecule has 1 heterocycles. The maximum Gasteiger partial charge on any atom is 0.146 e. The fraction of sp³-hybridized carbons (Fsp3) is 0.458. The third kappa shape index (κ3) is 4.74. The van der Waals surface area contributed by atoms with Crippen molar-refractivity contribution >= 4 is 6.08 Å². The predicted molar refractivity (Wildman–Crippen MR) is 110 cm³/mol. The summed E-state index contributed by atoms with van der Waals surface area (Å²) in [6, 6.07) is 10.4. The van der Waals surface area contributed by atoms with Crippen LogP contribution in [0.3, 0.4) is 0 Å². The standard InChI is InChI=1S/C24H28FNO3/c1-28-15-29-21-8-10-22-18(12-21)13-24(27)23(22)9-7-20-6-5-17(14-26-20)16-3-2-4-19(25)11-16/h2-7,9,11,14,18,21-24,27H,8,10,12-13,15H2,1H3/b9-7+/t18-,21+,22+,23-,24-/m0/s1. The van der Waals surface area contributed by atoms with Crippen LogP contribution < -0.4 is 0 Å². The summed E-state index contributed by atoms with van der Waals surface area (Å²) in [6.07, 6.45) is 9.72. The number of pyridine rings is 1. The van der Waals surface area contributed by atoms with E-state index < -0.39 is 0 Å². The van der Waals surface area contributed by atoms with Gasteiger partial charge >= 0.3 is 0 Å². The van der Waals surface area contributed by atoms with Crippen molar-refractivity contribution in [3.05, 3.63) is 60.2 Å². The Morgan fingerprint density at radius 3 is 2.83 bits per heavy atom. The van der Waals surface area contributed by atoms with Gasteiger partial charge in [0.05, 0.1) is 17.9 Å². The van der Waals surface area contributed by atoms with Crippen LogP contribution in [0.15, 0.2) is 48.7 Å². The molecular formula is C24H28FNO3. The molecule has 5 heteroatoms. The molecule has 2 fully saturated rings. The quantitative estimate of drug-likeness (QED) is 0.719. The van der Waals surface area contributed by atoms with Gasteiger partial charge in [-0.3, -0.25) is 4.98 Å². The van der Waals surface area contributed by atoms with Gasteiger partial charge in [0.1, 0.15) is 12.6 Å². The van der Waals surface area contributed by atoms with Gasteiger partial charge in [0, 0.05) is 24.8 Å². The second-order valence-corrected chi connectivity index (χ2v) is 8.15. The Hall–Kier alpha value is -2.08. The van der Waals surface area contributed by atoms with Crippen LogP contribution >= 0.6 is 0 Å². The number of hydrogen-bond acceptors (Lipinski definition) is 4. The summed E-state index contributed by atoms with van der Waals surface area (Å²) in [5.74, 6) is 0.903. The zero-order valence-electron chi connectivity index (χ0n) is 16.7. The third-order valence-corrected chi connectivity index (χ3v) is 6.33. The lowest BCUT2D eigenvalue weighted by Gasteiger charge is -2.33. The molecule has 4 rings (SSSR count). The zero-order valence-corrected chi connectivity index (χ0v) is 16.7. The molecule has 29 heavy (non-hydrogen) atoms. The summed E-state index contributed by atoms with van der Waals surface area (Å²) in [4.78, 5) is 4.50. The zero-order chi connectivity index (χ0) is 20.2. The summed E-state index contributed by atoms with van der Waals surface area (Å²) in [7, 11) is 1.64. The molecule has 2 aromatic rings. The maximum atomic E-state index is 13.4. The Kier molecular flexibility index (Phi) is 6.38. The van der Waals surface area contributed by atoms with Crippen LogP contribution in [-0.2, 0) is 9.47 Å². The number of methoxy groups -OCH3 is 1. The molecule has 0 aliphatic heterocycles. The van der Waals surface area contributed by atoms with Crippen molar-refractivity contribution in [2.75, 3.05) is 13.9 Å². The van der Waals surface area contributed by atoms with Crippen molar-refractivity contribution in [1.82, 2.24) is 4.98 Å². The summed E-state index contributed by atoms with van der Waals surface area (Å²) < 4.78 is 24.2. The molecule has 0 spiro atoms. The average molecular weight is 397 g/mol. The minimum absolute atomic E-state index is 0.160. The van der Waals surface area contributed by atoms with Crippen molar-refractivity contribution in [2.45, 2.75) is 37.9 Å². The van der Waals surface area contributed by atoms with Crippen LogP contribution in [0.25, 0.3) is 17.2 Å². The van der Waals surface area contributed by atoms with Crippen molar-refractivity contribution in [3.8, 4) is 11.1 Å². The van der Waals surface area contributed by atoms with Gasteiger partial charge in [0.15, 0.2) is 0 Å². The normalized spacial score (nSPS) is 29.3. The Bertz CT molecular complexity index is 838.